The van der Waals surface area contributed by atoms with E-state index in [1.807, 2.05) is 11.8 Å². The van der Waals surface area contributed by atoms with E-state index in [9.17, 15) is 18.0 Å². The van der Waals surface area contributed by atoms with Gasteiger partial charge in [-0.3, -0.25) is 9.59 Å². The molecule has 0 aromatic heterocycles. The number of halogens is 1. The van der Waals surface area contributed by atoms with Crippen LogP contribution in [0.4, 0.5) is 0 Å². The Labute approximate surface area is 149 Å². The van der Waals surface area contributed by atoms with Gasteiger partial charge in [0.25, 0.3) is 0 Å². The Morgan fingerprint density at radius 2 is 2.00 bits per heavy atom. The maximum absolute atomic E-state index is 12.8. The van der Waals surface area contributed by atoms with Crippen molar-refractivity contribution in [3.05, 3.63) is 0 Å². The van der Waals surface area contributed by atoms with E-state index in [1.165, 1.54) is 0 Å². The van der Waals surface area contributed by atoms with Gasteiger partial charge in [-0.1, -0.05) is 0 Å². The van der Waals surface area contributed by atoms with E-state index < -0.39 is 9.84 Å². The highest BCUT2D eigenvalue weighted by atomic mass is 35.5. The van der Waals surface area contributed by atoms with Crippen LogP contribution < -0.4 is 5.32 Å². The van der Waals surface area contributed by atoms with Gasteiger partial charge in [0.05, 0.1) is 17.4 Å². The van der Waals surface area contributed by atoms with Crippen LogP contribution in [0.15, 0.2) is 0 Å². The second kappa shape index (κ2) is 7.17. The molecule has 0 aromatic rings. The van der Waals surface area contributed by atoms with E-state index in [0.717, 1.165) is 6.54 Å². The zero-order valence-corrected chi connectivity index (χ0v) is 15.7. The first-order chi connectivity index (χ1) is 10.8. The zero-order valence-electron chi connectivity index (χ0n) is 14.1. The monoisotopic (exact) mass is 379 g/mol. The maximum Gasteiger partial charge on any atom is 0.228 e. The first-order valence-electron chi connectivity index (χ1n) is 8.32. The fourth-order valence-corrected chi connectivity index (χ4v) is 5.60. The van der Waals surface area contributed by atoms with Crippen LogP contribution in [-0.2, 0) is 19.4 Å². The lowest BCUT2D eigenvalue weighted by Crippen LogP contribution is -2.58. The Morgan fingerprint density at radius 1 is 1.29 bits per heavy atom. The summed E-state index contributed by atoms with van der Waals surface area (Å²) in [6.07, 6.45) is 0.705. The molecule has 0 radical (unpaired) electrons. The lowest BCUT2D eigenvalue weighted by molar-refractivity contribution is -0.139. The maximum atomic E-state index is 12.8. The first kappa shape index (κ1) is 19.5. The van der Waals surface area contributed by atoms with E-state index in [4.69, 9.17) is 0 Å². The number of sulfone groups is 1. The van der Waals surface area contributed by atoms with Gasteiger partial charge in [0, 0.05) is 44.2 Å². The van der Waals surface area contributed by atoms with Crippen LogP contribution in [0.25, 0.3) is 0 Å². The highest BCUT2D eigenvalue weighted by molar-refractivity contribution is 7.91. The standard InChI is InChI=1S/C15H25N3O4S.ClH/c1-10-11(2)17(5-4-16-10)15(20)12-7-14(19)18(8-12)13-3-6-23(21,22)9-13;/h10-13,16H,3-9H2,1-2H3;1H. The van der Waals surface area contributed by atoms with Crippen molar-refractivity contribution in [2.24, 2.45) is 5.92 Å². The number of likely N-dealkylation sites (tertiary alicyclic amines) is 1. The number of piperazine rings is 1. The Kier molecular flexibility index (Phi) is 5.82. The average Bonchev–Trinajstić information content (AvgIpc) is 3.04. The smallest absolute Gasteiger partial charge is 0.228 e. The number of carbonyl (C=O) groups is 2. The van der Waals surface area contributed by atoms with Crippen LogP contribution in [0.5, 0.6) is 0 Å². The second-order valence-corrected chi connectivity index (χ2v) is 9.25. The van der Waals surface area contributed by atoms with Gasteiger partial charge in [-0.05, 0) is 20.3 Å². The summed E-state index contributed by atoms with van der Waals surface area (Å²) in [5.41, 5.74) is 0. The van der Waals surface area contributed by atoms with Gasteiger partial charge in [-0.25, -0.2) is 8.42 Å². The summed E-state index contributed by atoms with van der Waals surface area (Å²) in [6.45, 7) is 5.87. The van der Waals surface area contributed by atoms with Crippen molar-refractivity contribution in [1.29, 1.82) is 0 Å². The van der Waals surface area contributed by atoms with Gasteiger partial charge < -0.3 is 15.1 Å². The molecule has 0 spiro atoms. The second-order valence-electron chi connectivity index (χ2n) is 7.02. The third kappa shape index (κ3) is 3.70. The Balaban J connectivity index is 0.00000208. The minimum Gasteiger partial charge on any atom is -0.338 e. The molecule has 1 N–H and O–H groups in total. The van der Waals surface area contributed by atoms with Crippen molar-refractivity contribution in [3.8, 4) is 0 Å². The average molecular weight is 380 g/mol. The predicted octanol–water partition coefficient (Wildman–Crippen LogP) is -0.347. The molecule has 138 valence electrons. The lowest BCUT2D eigenvalue weighted by Gasteiger charge is -2.39. The van der Waals surface area contributed by atoms with Crippen molar-refractivity contribution in [2.75, 3.05) is 31.1 Å². The molecule has 3 fully saturated rings. The number of hydrogen-bond donors (Lipinski definition) is 1. The molecule has 7 nitrogen and oxygen atoms in total. The van der Waals surface area contributed by atoms with Gasteiger partial charge in [0.15, 0.2) is 9.84 Å². The molecular formula is C15H26ClN3O4S. The summed E-state index contributed by atoms with van der Waals surface area (Å²) in [6, 6.07) is 0.0952. The molecule has 0 saturated carbocycles. The van der Waals surface area contributed by atoms with Gasteiger partial charge >= 0.3 is 0 Å². The molecule has 3 heterocycles. The minimum atomic E-state index is -3.03. The summed E-state index contributed by atoms with van der Waals surface area (Å²) >= 11 is 0. The third-order valence-electron chi connectivity index (χ3n) is 5.47. The van der Waals surface area contributed by atoms with Crippen molar-refractivity contribution in [2.45, 2.75) is 44.8 Å². The number of amides is 2. The van der Waals surface area contributed by atoms with Crippen molar-refractivity contribution in [3.63, 3.8) is 0 Å². The summed E-state index contributed by atoms with van der Waals surface area (Å²) < 4.78 is 23.3. The molecule has 0 aliphatic carbocycles. The molecule has 0 aromatic carbocycles. The summed E-state index contributed by atoms with van der Waals surface area (Å²) in [5, 5.41) is 3.34. The number of carbonyl (C=O) groups excluding carboxylic acids is 2. The zero-order chi connectivity index (χ0) is 16.8. The normalized spacial score (nSPS) is 35.8. The molecule has 2 amide bonds. The summed E-state index contributed by atoms with van der Waals surface area (Å²) in [7, 11) is -3.03. The van der Waals surface area contributed by atoms with Crippen molar-refractivity contribution in [1.82, 2.24) is 15.1 Å². The van der Waals surface area contributed by atoms with Crippen LogP contribution in [0.2, 0.25) is 0 Å². The molecule has 0 bridgehead atoms. The SMILES string of the molecule is CC1NCCN(C(=O)C2CC(=O)N(C3CCS(=O)(=O)C3)C2)C1C.Cl. The van der Waals surface area contributed by atoms with Gasteiger partial charge in [-0.15, -0.1) is 12.4 Å². The first-order valence-corrected chi connectivity index (χ1v) is 10.1. The minimum absolute atomic E-state index is 0. The van der Waals surface area contributed by atoms with Crippen molar-refractivity contribution < 1.29 is 18.0 Å². The molecule has 9 heteroatoms. The predicted molar refractivity (Wildman–Crippen MR) is 92.8 cm³/mol. The van der Waals surface area contributed by atoms with Gasteiger partial charge in [-0.2, -0.15) is 0 Å². The van der Waals surface area contributed by atoms with Gasteiger partial charge in [0.1, 0.15) is 0 Å². The molecule has 3 aliphatic rings. The summed E-state index contributed by atoms with van der Waals surface area (Å²) in [4.78, 5) is 28.6. The highest BCUT2D eigenvalue weighted by Crippen LogP contribution is 2.28. The number of nitrogens with one attached hydrogen (secondary N) is 1. The Bertz CT molecular complexity index is 612. The molecule has 3 rings (SSSR count). The van der Waals surface area contributed by atoms with Gasteiger partial charge in [0.2, 0.25) is 11.8 Å². The number of hydrogen-bond acceptors (Lipinski definition) is 5. The largest absolute Gasteiger partial charge is 0.338 e. The van der Waals surface area contributed by atoms with E-state index in [1.54, 1.807) is 4.90 Å². The van der Waals surface area contributed by atoms with E-state index in [2.05, 4.69) is 12.2 Å². The fourth-order valence-electron chi connectivity index (χ4n) is 3.87. The van der Waals surface area contributed by atoms with Crippen LogP contribution in [0.1, 0.15) is 26.7 Å². The molecular weight excluding hydrogens is 354 g/mol. The van der Waals surface area contributed by atoms with E-state index >= 15 is 0 Å². The topological polar surface area (TPSA) is 86.8 Å². The lowest BCUT2D eigenvalue weighted by atomic mass is 10.0. The van der Waals surface area contributed by atoms with Crippen LogP contribution in [0, 0.1) is 5.92 Å². The quantitative estimate of drug-likeness (QED) is 0.708. The van der Waals surface area contributed by atoms with E-state index in [-0.39, 0.29) is 66.2 Å². The number of nitrogens with zero attached hydrogens (tertiary/aromatic N) is 2. The highest BCUT2D eigenvalue weighted by Gasteiger charge is 2.44. The van der Waals surface area contributed by atoms with Crippen LogP contribution in [-0.4, -0.2) is 79.3 Å². The number of rotatable bonds is 2. The third-order valence-corrected chi connectivity index (χ3v) is 7.22. The molecule has 24 heavy (non-hydrogen) atoms. The molecule has 4 unspecified atom stereocenters. The molecule has 4 atom stereocenters. The van der Waals surface area contributed by atoms with Crippen molar-refractivity contribution >= 4 is 34.1 Å². The van der Waals surface area contributed by atoms with Crippen LogP contribution >= 0.6 is 12.4 Å². The van der Waals surface area contributed by atoms with E-state index in [0.29, 0.717) is 19.5 Å². The fraction of sp³-hybridized carbons (Fsp3) is 0.867. The summed E-state index contributed by atoms with van der Waals surface area (Å²) in [5.74, 6) is -0.199. The molecule has 3 saturated heterocycles. The Hall–Kier alpha value is -0.860. The van der Waals surface area contributed by atoms with Crippen LogP contribution in [0.3, 0.4) is 0 Å². The molecule has 3 aliphatic heterocycles. The Morgan fingerprint density at radius 3 is 2.62 bits per heavy atom.